The molecule has 6 heteroatoms. The molecule has 0 saturated heterocycles. The average Bonchev–Trinajstić information content (AvgIpc) is 2.77. The van der Waals surface area contributed by atoms with Crippen molar-refractivity contribution >= 4 is 43.5 Å². The molecule has 4 nitrogen and oxygen atoms in total. The third-order valence-corrected chi connectivity index (χ3v) is 3.58. The molecule has 1 N–H and O–H groups in total. The normalized spacial score (nSPS) is 10.6. The second-order valence-corrected chi connectivity index (χ2v) is 5.46. The van der Waals surface area contributed by atoms with Crippen LogP contribution in [0.3, 0.4) is 0 Å². The van der Waals surface area contributed by atoms with Gasteiger partial charge in [-0.05, 0) is 34.1 Å². The van der Waals surface area contributed by atoms with Gasteiger partial charge in [0, 0.05) is 35.0 Å². The van der Waals surface area contributed by atoms with Crippen LogP contribution in [0, 0.1) is 0 Å². The van der Waals surface area contributed by atoms with Crippen LogP contribution in [0.4, 0.5) is 11.6 Å². The summed E-state index contributed by atoms with van der Waals surface area (Å²) in [6, 6.07) is 5.96. The van der Waals surface area contributed by atoms with E-state index in [9.17, 15) is 0 Å². The first-order valence-corrected chi connectivity index (χ1v) is 7.01. The molecule has 0 amide bonds. The van der Waals surface area contributed by atoms with Gasteiger partial charge in [0.1, 0.15) is 0 Å². The lowest BCUT2D eigenvalue weighted by Gasteiger charge is -2.11. The molecule has 0 aliphatic carbocycles. The molecule has 1 aromatic heterocycles. The van der Waals surface area contributed by atoms with E-state index in [1.165, 1.54) is 0 Å². The minimum atomic E-state index is 0.659. The maximum absolute atomic E-state index is 5.07. The third-order valence-electron chi connectivity index (χ3n) is 2.43. The van der Waals surface area contributed by atoms with E-state index < -0.39 is 0 Å². The number of nitrogens with zero attached hydrogens (tertiary/aromatic N) is 2. The fraction of sp³-hybridized carbons (Fsp3) is 0.250. The number of aromatic nitrogens is 2. The SMILES string of the molecule is COCCn1ccnc1Nc1ccc(Br)cc1Br. The Balaban J connectivity index is 2.15. The highest BCUT2D eigenvalue weighted by Crippen LogP contribution is 2.28. The number of halogens is 2. The van der Waals surface area contributed by atoms with E-state index in [1.807, 2.05) is 29.0 Å². The smallest absolute Gasteiger partial charge is 0.207 e. The predicted octanol–water partition coefficient (Wildman–Crippen LogP) is 3.80. The zero-order valence-corrected chi connectivity index (χ0v) is 13.0. The van der Waals surface area contributed by atoms with E-state index in [1.54, 1.807) is 13.3 Å². The van der Waals surface area contributed by atoms with Gasteiger partial charge in [0.25, 0.3) is 0 Å². The summed E-state index contributed by atoms with van der Waals surface area (Å²) in [5.74, 6) is 0.801. The van der Waals surface area contributed by atoms with E-state index in [0.29, 0.717) is 6.61 Å². The number of anilines is 2. The topological polar surface area (TPSA) is 39.1 Å². The Hall–Kier alpha value is -0.850. The molecule has 2 aromatic rings. The summed E-state index contributed by atoms with van der Waals surface area (Å²) in [6.45, 7) is 1.43. The molecule has 1 aromatic carbocycles. The van der Waals surface area contributed by atoms with Crippen molar-refractivity contribution in [1.82, 2.24) is 9.55 Å². The lowest BCUT2D eigenvalue weighted by Crippen LogP contribution is -2.07. The summed E-state index contributed by atoms with van der Waals surface area (Å²) < 4.78 is 9.09. The van der Waals surface area contributed by atoms with E-state index in [4.69, 9.17) is 4.74 Å². The summed E-state index contributed by atoms with van der Waals surface area (Å²) >= 11 is 6.94. The van der Waals surface area contributed by atoms with Gasteiger partial charge in [-0.3, -0.25) is 0 Å². The van der Waals surface area contributed by atoms with Gasteiger partial charge in [0.15, 0.2) is 0 Å². The lowest BCUT2D eigenvalue weighted by atomic mass is 10.3. The molecule has 0 aliphatic rings. The summed E-state index contributed by atoms with van der Waals surface area (Å²) in [5.41, 5.74) is 0.975. The van der Waals surface area contributed by atoms with E-state index >= 15 is 0 Å². The van der Waals surface area contributed by atoms with E-state index in [0.717, 1.165) is 27.1 Å². The van der Waals surface area contributed by atoms with Gasteiger partial charge in [-0.2, -0.15) is 0 Å². The Kier molecular flexibility index (Phi) is 4.79. The zero-order chi connectivity index (χ0) is 13.0. The number of methoxy groups -OCH3 is 1. The molecule has 2 rings (SSSR count). The number of nitrogens with one attached hydrogen (secondary N) is 1. The summed E-state index contributed by atoms with van der Waals surface area (Å²) in [7, 11) is 1.69. The molecule has 96 valence electrons. The van der Waals surface area contributed by atoms with Gasteiger partial charge in [-0.15, -0.1) is 0 Å². The minimum absolute atomic E-state index is 0.659. The van der Waals surface area contributed by atoms with Crippen molar-refractivity contribution in [3.8, 4) is 0 Å². The number of ether oxygens (including phenoxy) is 1. The fourth-order valence-electron chi connectivity index (χ4n) is 1.51. The zero-order valence-electron chi connectivity index (χ0n) is 9.86. The van der Waals surface area contributed by atoms with Gasteiger partial charge in [-0.25, -0.2) is 4.98 Å². The molecular weight excluding hydrogens is 362 g/mol. The number of benzene rings is 1. The Morgan fingerprint density at radius 1 is 1.39 bits per heavy atom. The Labute approximate surface area is 123 Å². The van der Waals surface area contributed by atoms with Gasteiger partial charge in [-0.1, -0.05) is 15.9 Å². The van der Waals surface area contributed by atoms with Crippen LogP contribution in [0.25, 0.3) is 0 Å². The van der Waals surface area contributed by atoms with Crippen LogP contribution >= 0.6 is 31.9 Å². The number of hydrogen-bond acceptors (Lipinski definition) is 3. The first kappa shape index (κ1) is 13.6. The predicted molar refractivity (Wildman–Crippen MR) is 79.2 cm³/mol. The van der Waals surface area contributed by atoms with Crippen LogP contribution in [0.5, 0.6) is 0 Å². The monoisotopic (exact) mass is 373 g/mol. The molecule has 0 spiro atoms. The van der Waals surface area contributed by atoms with Crippen LogP contribution in [0.1, 0.15) is 0 Å². The van der Waals surface area contributed by atoms with Crippen molar-refractivity contribution in [2.45, 2.75) is 6.54 Å². The van der Waals surface area contributed by atoms with Gasteiger partial charge in [0.05, 0.1) is 12.3 Å². The number of hydrogen-bond donors (Lipinski definition) is 1. The molecule has 0 saturated carbocycles. The third kappa shape index (κ3) is 3.34. The van der Waals surface area contributed by atoms with Crippen LogP contribution in [0.15, 0.2) is 39.5 Å². The second kappa shape index (κ2) is 6.36. The first-order chi connectivity index (χ1) is 8.70. The van der Waals surface area contributed by atoms with Crippen LogP contribution < -0.4 is 5.32 Å². The van der Waals surface area contributed by atoms with Crippen LogP contribution in [-0.2, 0) is 11.3 Å². The van der Waals surface area contributed by atoms with Crippen molar-refractivity contribution < 1.29 is 4.74 Å². The van der Waals surface area contributed by atoms with Gasteiger partial charge in [0.2, 0.25) is 5.95 Å². The highest BCUT2D eigenvalue weighted by atomic mass is 79.9. The molecule has 18 heavy (non-hydrogen) atoms. The molecule has 0 bridgehead atoms. The molecule has 1 heterocycles. The van der Waals surface area contributed by atoms with Crippen molar-refractivity contribution in [3.05, 3.63) is 39.5 Å². The maximum Gasteiger partial charge on any atom is 0.207 e. The second-order valence-electron chi connectivity index (χ2n) is 3.69. The molecule has 0 fully saturated rings. The average molecular weight is 375 g/mol. The Morgan fingerprint density at radius 3 is 2.94 bits per heavy atom. The van der Waals surface area contributed by atoms with Crippen LogP contribution in [-0.4, -0.2) is 23.3 Å². The van der Waals surface area contributed by atoms with Crippen molar-refractivity contribution in [1.29, 1.82) is 0 Å². The largest absolute Gasteiger partial charge is 0.383 e. The molecule has 0 radical (unpaired) electrons. The maximum atomic E-state index is 5.07. The van der Waals surface area contributed by atoms with E-state index in [2.05, 4.69) is 42.2 Å². The molecular formula is C12H13Br2N3O. The highest BCUT2D eigenvalue weighted by Gasteiger charge is 2.05. The van der Waals surface area contributed by atoms with Crippen molar-refractivity contribution in [2.24, 2.45) is 0 Å². The van der Waals surface area contributed by atoms with Crippen molar-refractivity contribution in [3.63, 3.8) is 0 Å². The minimum Gasteiger partial charge on any atom is -0.383 e. The lowest BCUT2D eigenvalue weighted by molar-refractivity contribution is 0.188. The molecule has 0 unspecified atom stereocenters. The number of imidazole rings is 1. The van der Waals surface area contributed by atoms with E-state index in [-0.39, 0.29) is 0 Å². The van der Waals surface area contributed by atoms with Crippen molar-refractivity contribution in [2.75, 3.05) is 19.0 Å². The summed E-state index contributed by atoms with van der Waals surface area (Å²) in [5, 5.41) is 3.29. The quantitative estimate of drug-likeness (QED) is 0.865. The first-order valence-electron chi connectivity index (χ1n) is 5.43. The number of rotatable bonds is 5. The Bertz CT molecular complexity index is 528. The van der Waals surface area contributed by atoms with Gasteiger partial charge < -0.3 is 14.6 Å². The molecule has 0 atom stereocenters. The summed E-state index contributed by atoms with van der Waals surface area (Å²) in [4.78, 5) is 4.29. The summed E-state index contributed by atoms with van der Waals surface area (Å²) in [6.07, 6.45) is 3.69. The standard InChI is InChI=1S/C12H13Br2N3O/c1-18-7-6-17-5-4-15-12(17)16-11-3-2-9(13)8-10(11)14/h2-5,8H,6-7H2,1H3,(H,15,16). The molecule has 0 aliphatic heterocycles. The van der Waals surface area contributed by atoms with Gasteiger partial charge >= 0.3 is 0 Å². The van der Waals surface area contributed by atoms with Crippen LogP contribution in [0.2, 0.25) is 0 Å². The Morgan fingerprint density at radius 2 is 2.22 bits per heavy atom. The highest BCUT2D eigenvalue weighted by molar-refractivity contribution is 9.11. The fourth-order valence-corrected chi connectivity index (χ4v) is 2.66.